The minimum atomic E-state index is -1.54. The van der Waals surface area contributed by atoms with Gasteiger partial charge in [-0.3, -0.25) is 4.79 Å². The monoisotopic (exact) mass is 392 g/mol. The number of carbonyl (C=O) groups excluding carboxylic acids is 1. The van der Waals surface area contributed by atoms with Crippen molar-refractivity contribution in [2.24, 2.45) is 5.73 Å². The molecule has 29 heavy (non-hydrogen) atoms. The van der Waals surface area contributed by atoms with Crippen LogP contribution in [0.1, 0.15) is 24.0 Å². The third-order valence-electron chi connectivity index (χ3n) is 4.93. The van der Waals surface area contributed by atoms with Crippen molar-refractivity contribution < 1.29 is 14.7 Å². The Morgan fingerprint density at radius 3 is 1.83 bits per heavy atom. The van der Waals surface area contributed by atoms with E-state index < -0.39 is 23.0 Å². The van der Waals surface area contributed by atoms with Gasteiger partial charge in [0.2, 0.25) is 5.91 Å². The van der Waals surface area contributed by atoms with Crippen LogP contribution in [-0.2, 0) is 22.4 Å². The fraction of sp³-hybridized carbons (Fsp3) is 0.250. The van der Waals surface area contributed by atoms with Gasteiger partial charge < -0.3 is 16.2 Å². The maximum Gasteiger partial charge on any atom is 0.330 e. The molecule has 5 nitrogen and oxygen atoms in total. The molecule has 0 heterocycles. The zero-order valence-electron chi connectivity index (χ0n) is 16.5. The molecule has 0 saturated carbocycles. The fourth-order valence-electron chi connectivity index (χ4n) is 3.38. The molecule has 0 bridgehead atoms. The van der Waals surface area contributed by atoms with Crippen LogP contribution >= 0.6 is 0 Å². The molecule has 2 aromatic rings. The highest BCUT2D eigenvalue weighted by atomic mass is 16.4. The van der Waals surface area contributed by atoms with Gasteiger partial charge in [-0.15, -0.1) is 13.2 Å². The predicted molar refractivity (Wildman–Crippen MR) is 115 cm³/mol. The number of benzene rings is 2. The largest absolute Gasteiger partial charge is 0.479 e. The number of aliphatic carboxylic acids is 1. The second kappa shape index (κ2) is 9.85. The second-order valence-electron chi connectivity index (χ2n) is 7.31. The highest BCUT2D eigenvalue weighted by molar-refractivity contribution is 5.92. The lowest BCUT2D eigenvalue weighted by atomic mass is 9.83. The minimum Gasteiger partial charge on any atom is -0.479 e. The van der Waals surface area contributed by atoms with E-state index in [9.17, 15) is 14.7 Å². The topological polar surface area (TPSA) is 92.4 Å². The molecule has 0 saturated heterocycles. The van der Waals surface area contributed by atoms with Crippen molar-refractivity contribution in [2.45, 2.75) is 36.8 Å². The molecule has 2 aromatic carbocycles. The lowest BCUT2D eigenvalue weighted by molar-refractivity contribution is -0.148. The number of nitrogens with one attached hydrogen (secondary N) is 1. The number of hydrogen-bond donors (Lipinski definition) is 3. The summed E-state index contributed by atoms with van der Waals surface area (Å²) in [5.41, 5.74) is 5.31. The van der Waals surface area contributed by atoms with Crippen LogP contribution in [-0.4, -0.2) is 28.1 Å². The number of carboxylic acids is 1. The summed E-state index contributed by atoms with van der Waals surface area (Å²) in [6, 6.07) is 18.6. The Bertz CT molecular complexity index is 851. The number of carbonyl (C=O) groups is 2. The summed E-state index contributed by atoms with van der Waals surface area (Å²) in [5.74, 6) is -1.66. The first kappa shape index (κ1) is 22.1. The summed E-state index contributed by atoms with van der Waals surface area (Å²) in [7, 11) is 0. The van der Waals surface area contributed by atoms with Crippen molar-refractivity contribution in [2.75, 3.05) is 0 Å². The number of nitrogens with two attached hydrogens (primary N) is 1. The molecule has 4 N–H and O–H groups in total. The van der Waals surface area contributed by atoms with E-state index in [-0.39, 0.29) is 25.7 Å². The van der Waals surface area contributed by atoms with Gasteiger partial charge in [0, 0.05) is 6.42 Å². The zero-order chi connectivity index (χ0) is 21.3. The van der Waals surface area contributed by atoms with Gasteiger partial charge in [0.05, 0.1) is 0 Å². The molecule has 0 aliphatic heterocycles. The van der Waals surface area contributed by atoms with Crippen LogP contribution in [0.4, 0.5) is 0 Å². The Kier molecular flexibility index (Phi) is 7.51. The van der Waals surface area contributed by atoms with Crippen LogP contribution in [0.15, 0.2) is 86.0 Å². The van der Waals surface area contributed by atoms with Crippen molar-refractivity contribution in [3.63, 3.8) is 0 Å². The van der Waals surface area contributed by atoms with E-state index in [2.05, 4.69) is 18.5 Å². The van der Waals surface area contributed by atoms with E-state index in [4.69, 9.17) is 5.73 Å². The average molecular weight is 392 g/mol. The van der Waals surface area contributed by atoms with Crippen LogP contribution in [0.3, 0.4) is 0 Å². The normalized spacial score (nSPS) is 14.8. The molecule has 2 rings (SSSR count). The smallest absolute Gasteiger partial charge is 0.330 e. The van der Waals surface area contributed by atoms with Gasteiger partial charge in [-0.05, 0) is 30.4 Å². The highest BCUT2D eigenvalue weighted by Crippen LogP contribution is 2.23. The Labute approximate surface area is 171 Å². The third-order valence-corrected chi connectivity index (χ3v) is 4.93. The van der Waals surface area contributed by atoms with Crippen LogP contribution < -0.4 is 11.1 Å². The molecule has 0 spiro atoms. The Balaban J connectivity index is 2.35. The first-order chi connectivity index (χ1) is 13.8. The van der Waals surface area contributed by atoms with Gasteiger partial charge in [-0.1, -0.05) is 72.8 Å². The van der Waals surface area contributed by atoms with Crippen molar-refractivity contribution in [1.29, 1.82) is 0 Å². The maximum atomic E-state index is 13.3. The van der Waals surface area contributed by atoms with E-state index in [1.165, 1.54) is 6.08 Å². The summed E-state index contributed by atoms with van der Waals surface area (Å²) in [4.78, 5) is 25.5. The van der Waals surface area contributed by atoms with Crippen LogP contribution in [0.5, 0.6) is 0 Å². The number of amides is 1. The van der Waals surface area contributed by atoms with Gasteiger partial charge in [0.1, 0.15) is 11.1 Å². The number of rotatable bonds is 11. The van der Waals surface area contributed by atoms with Crippen molar-refractivity contribution in [3.8, 4) is 0 Å². The third kappa shape index (κ3) is 5.65. The second-order valence-corrected chi connectivity index (χ2v) is 7.31. The van der Waals surface area contributed by atoms with Gasteiger partial charge >= 0.3 is 5.97 Å². The molecule has 0 aromatic heterocycles. The van der Waals surface area contributed by atoms with E-state index >= 15 is 0 Å². The molecular formula is C24H28N2O3. The predicted octanol–water partition coefficient (Wildman–Crippen LogP) is 3.26. The summed E-state index contributed by atoms with van der Waals surface area (Å²) >= 11 is 0. The summed E-state index contributed by atoms with van der Waals surface area (Å²) in [5, 5.41) is 12.8. The van der Waals surface area contributed by atoms with Crippen molar-refractivity contribution >= 4 is 11.9 Å². The molecule has 2 atom stereocenters. The lowest BCUT2D eigenvalue weighted by Gasteiger charge is -2.35. The summed E-state index contributed by atoms with van der Waals surface area (Å²) in [6.07, 6.45) is 3.74. The molecule has 0 aliphatic carbocycles. The molecule has 0 radical (unpaired) electrons. The number of hydrogen-bond acceptors (Lipinski definition) is 3. The Hall–Kier alpha value is -3.18. The molecule has 5 heteroatoms. The molecule has 0 fully saturated rings. The molecule has 0 unspecified atom stereocenters. The van der Waals surface area contributed by atoms with Gasteiger partial charge in [0.25, 0.3) is 0 Å². The zero-order valence-corrected chi connectivity index (χ0v) is 16.5. The van der Waals surface area contributed by atoms with E-state index in [0.717, 1.165) is 11.1 Å². The maximum absolute atomic E-state index is 13.3. The van der Waals surface area contributed by atoms with Gasteiger partial charge in [-0.2, -0.15) is 0 Å². The fourth-order valence-corrected chi connectivity index (χ4v) is 3.38. The molecule has 0 aliphatic rings. The van der Waals surface area contributed by atoms with Gasteiger partial charge in [0.15, 0.2) is 0 Å². The minimum absolute atomic E-state index is 0.0679. The number of carboxylic acid groups (broad SMARTS) is 1. The average Bonchev–Trinajstić information content (AvgIpc) is 2.69. The lowest BCUT2D eigenvalue weighted by Crippen LogP contribution is -2.64. The Morgan fingerprint density at radius 1 is 0.897 bits per heavy atom. The first-order valence-corrected chi connectivity index (χ1v) is 9.50. The van der Waals surface area contributed by atoms with Crippen LogP contribution in [0.25, 0.3) is 0 Å². The van der Waals surface area contributed by atoms with Crippen LogP contribution in [0.2, 0.25) is 0 Å². The van der Waals surface area contributed by atoms with E-state index in [1.807, 2.05) is 60.7 Å². The quantitative estimate of drug-likeness (QED) is 0.512. The van der Waals surface area contributed by atoms with E-state index in [0.29, 0.717) is 0 Å². The molecular weight excluding hydrogens is 364 g/mol. The van der Waals surface area contributed by atoms with Gasteiger partial charge in [-0.25, -0.2) is 4.79 Å². The summed E-state index contributed by atoms with van der Waals surface area (Å²) in [6.45, 7) is 7.39. The molecule has 1 amide bonds. The highest BCUT2D eigenvalue weighted by Gasteiger charge is 2.43. The standard InChI is InChI=1S/C24H28N2O3/c1-3-15-23(25,17-19-11-7-5-8-12-19)21(27)26-24(16-4-2,22(28)29)18-20-13-9-6-10-14-20/h3-14H,1-2,15-18,25H2,(H,26,27)(H,28,29)/t23-,24+/m0/s1. The van der Waals surface area contributed by atoms with Crippen LogP contribution in [0, 0.1) is 0 Å². The Morgan fingerprint density at radius 2 is 1.38 bits per heavy atom. The first-order valence-electron chi connectivity index (χ1n) is 9.50. The SMILES string of the molecule is C=CC[C@](N)(Cc1ccccc1)C(=O)N[C@](CC=C)(Cc1ccccc1)C(=O)O. The molecule has 152 valence electrons. The summed E-state index contributed by atoms with van der Waals surface area (Å²) < 4.78 is 0. The van der Waals surface area contributed by atoms with Crippen molar-refractivity contribution in [1.82, 2.24) is 5.32 Å². The van der Waals surface area contributed by atoms with E-state index in [1.54, 1.807) is 6.08 Å². The van der Waals surface area contributed by atoms with Crippen molar-refractivity contribution in [3.05, 3.63) is 97.1 Å².